The molecule has 3 unspecified atom stereocenters. The molecule has 0 heterocycles. The smallest absolute Gasteiger partial charge is 0.115 e. The van der Waals surface area contributed by atoms with Crippen LogP contribution < -0.4 is 0 Å². The fourth-order valence-electron chi connectivity index (χ4n) is 6.84. The summed E-state index contributed by atoms with van der Waals surface area (Å²) >= 11 is 0. The summed E-state index contributed by atoms with van der Waals surface area (Å²) in [5.74, 6) is 1.65. The SMILES string of the molecule is CCCC(C)c1c(-c2ccc(O)cc2)c(C(C)CCC)c(-c2ccc(O)cc2)c(C(C)CCC)c1-c1ccc(O)cc1. The lowest BCUT2D eigenvalue weighted by Crippen LogP contribution is -2.13. The zero-order valence-electron chi connectivity index (χ0n) is 26.2. The Bertz CT molecular complexity index is 1250. The largest absolute Gasteiger partial charge is 0.508 e. The van der Waals surface area contributed by atoms with Crippen molar-refractivity contribution in [3.8, 4) is 50.6 Å². The third-order valence-corrected chi connectivity index (χ3v) is 8.73. The highest BCUT2D eigenvalue weighted by molar-refractivity contribution is 5.93. The van der Waals surface area contributed by atoms with Gasteiger partial charge in [-0.1, -0.05) is 97.2 Å². The van der Waals surface area contributed by atoms with E-state index in [0.29, 0.717) is 0 Å². The Kier molecular flexibility index (Phi) is 10.4. The average Bonchev–Trinajstić information content (AvgIpc) is 2.97. The molecule has 4 aromatic rings. The van der Waals surface area contributed by atoms with Crippen LogP contribution in [-0.2, 0) is 0 Å². The van der Waals surface area contributed by atoms with Crippen molar-refractivity contribution in [3.63, 3.8) is 0 Å². The molecule has 0 spiro atoms. The molecule has 0 radical (unpaired) electrons. The molecule has 3 N–H and O–H groups in total. The third kappa shape index (κ3) is 6.51. The first-order valence-electron chi connectivity index (χ1n) is 15.8. The van der Waals surface area contributed by atoms with E-state index in [9.17, 15) is 15.3 Å². The van der Waals surface area contributed by atoms with Crippen molar-refractivity contribution >= 4 is 0 Å². The monoisotopic (exact) mass is 564 g/mol. The van der Waals surface area contributed by atoms with Crippen LogP contribution in [0.15, 0.2) is 72.8 Å². The van der Waals surface area contributed by atoms with Gasteiger partial charge in [0.05, 0.1) is 0 Å². The van der Waals surface area contributed by atoms with Gasteiger partial charge in [0.1, 0.15) is 17.2 Å². The molecule has 0 fully saturated rings. The molecule has 42 heavy (non-hydrogen) atoms. The van der Waals surface area contributed by atoms with Gasteiger partial charge in [0, 0.05) is 0 Å². The van der Waals surface area contributed by atoms with Gasteiger partial charge in [-0.15, -0.1) is 0 Å². The second-order valence-electron chi connectivity index (χ2n) is 12.1. The van der Waals surface area contributed by atoms with E-state index >= 15 is 0 Å². The normalized spacial score (nSPS) is 13.6. The first-order valence-corrected chi connectivity index (χ1v) is 15.8. The van der Waals surface area contributed by atoms with Crippen molar-refractivity contribution < 1.29 is 15.3 Å². The summed E-state index contributed by atoms with van der Waals surface area (Å²) in [6.07, 6.45) is 6.38. The molecule has 4 aromatic carbocycles. The van der Waals surface area contributed by atoms with E-state index in [4.69, 9.17) is 0 Å². The average molecular weight is 565 g/mol. The second kappa shape index (κ2) is 14.0. The number of aromatic hydroxyl groups is 3. The minimum absolute atomic E-state index is 0.260. The third-order valence-electron chi connectivity index (χ3n) is 8.73. The molecule has 4 rings (SSSR count). The molecule has 3 atom stereocenters. The van der Waals surface area contributed by atoms with Gasteiger partial charge in [-0.05, 0) is 123 Å². The van der Waals surface area contributed by atoms with Gasteiger partial charge < -0.3 is 15.3 Å². The van der Waals surface area contributed by atoms with Gasteiger partial charge in [0.25, 0.3) is 0 Å². The molecule has 0 amide bonds. The van der Waals surface area contributed by atoms with E-state index in [1.807, 2.05) is 0 Å². The lowest BCUT2D eigenvalue weighted by molar-refractivity contribution is 0.475. The number of phenols is 3. The summed E-state index contributed by atoms with van der Waals surface area (Å²) in [5.41, 5.74) is 11.2. The molecule has 0 aromatic heterocycles. The number of phenolic OH excluding ortho intramolecular Hbond substituents is 3. The summed E-state index contributed by atoms with van der Waals surface area (Å²) in [7, 11) is 0. The predicted molar refractivity (Wildman–Crippen MR) is 178 cm³/mol. The highest BCUT2D eigenvalue weighted by Gasteiger charge is 2.32. The summed E-state index contributed by atoms with van der Waals surface area (Å²) in [4.78, 5) is 0. The Balaban J connectivity index is 2.34. The maximum atomic E-state index is 10.3. The van der Waals surface area contributed by atoms with Crippen LogP contribution in [0.1, 0.15) is 115 Å². The summed E-state index contributed by atoms with van der Waals surface area (Å²) in [6.45, 7) is 13.8. The van der Waals surface area contributed by atoms with Crippen molar-refractivity contribution in [1.29, 1.82) is 0 Å². The molecule has 0 aliphatic carbocycles. The van der Waals surface area contributed by atoms with Gasteiger partial charge in [0.2, 0.25) is 0 Å². The van der Waals surface area contributed by atoms with Gasteiger partial charge in [-0.3, -0.25) is 0 Å². The number of benzene rings is 4. The molecule has 0 aliphatic rings. The van der Waals surface area contributed by atoms with Crippen molar-refractivity contribution in [2.75, 3.05) is 0 Å². The molecule has 0 saturated heterocycles. The quantitative estimate of drug-likeness (QED) is 0.160. The fraction of sp³-hybridized carbons (Fsp3) is 0.385. The van der Waals surface area contributed by atoms with E-state index in [1.54, 1.807) is 36.4 Å². The summed E-state index contributed by atoms with van der Waals surface area (Å²) < 4.78 is 0. The van der Waals surface area contributed by atoms with Crippen LogP contribution in [0.4, 0.5) is 0 Å². The van der Waals surface area contributed by atoms with Crippen molar-refractivity contribution in [3.05, 3.63) is 89.5 Å². The molecule has 3 heteroatoms. The molecule has 0 aliphatic heterocycles. The van der Waals surface area contributed by atoms with Crippen LogP contribution in [0.2, 0.25) is 0 Å². The highest BCUT2D eigenvalue weighted by Crippen LogP contribution is 2.53. The number of rotatable bonds is 12. The Hall–Kier alpha value is -3.72. The van der Waals surface area contributed by atoms with Crippen molar-refractivity contribution in [2.24, 2.45) is 0 Å². The Morgan fingerprint density at radius 1 is 0.405 bits per heavy atom. The molecular formula is C39H48O3. The lowest BCUT2D eigenvalue weighted by Gasteiger charge is -2.34. The van der Waals surface area contributed by atoms with Gasteiger partial charge in [0.15, 0.2) is 0 Å². The summed E-state index contributed by atoms with van der Waals surface area (Å²) in [5, 5.41) is 30.8. The molecular weight excluding hydrogens is 516 g/mol. The molecule has 0 saturated carbocycles. The minimum atomic E-state index is 0.260. The zero-order valence-corrected chi connectivity index (χ0v) is 26.2. The highest BCUT2D eigenvalue weighted by atomic mass is 16.3. The van der Waals surface area contributed by atoms with Gasteiger partial charge >= 0.3 is 0 Å². The Morgan fingerprint density at radius 3 is 0.810 bits per heavy atom. The van der Waals surface area contributed by atoms with Crippen LogP contribution >= 0.6 is 0 Å². The first-order chi connectivity index (χ1) is 20.2. The van der Waals surface area contributed by atoms with Gasteiger partial charge in [-0.25, -0.2) is 0 Å². The van der Waals surface area contributed by atoms with Crippen molar-refractivity contribution in [2.45, 2.75) is 97.8 Å². The maximum Gasteiger partial charge on any atom is 0.115 e. The van der Waals surface area contributed by atoms with Crippen LogP contribution in [0.5, 0.6) is 17.2 Å². The number of hydrogen-bond donors (Lipinski definition) is 3. The standard InChI is InChI=1S/C39H48O3/c1-7-10-25(4)34-37(28-13-19-31(40)20-14-28)35(26(5)11-8-2)39(30-17-23-33(42)24-18-30)36(27(6)12-9-3)38(34)29-15-21-32(41)22-16-29/h13-27,40-42H,7-12H2,1-6H3. The minimum Gasteiger partial charge on any atom is -0.508 e. The molecule has 3 nitrogen and oxygen atoms in total. The van der Waals surface area contributed by atoms with Crippen LogP contribution in [0, 0.1) is 0 Å². The van der Waals surface area contributed by atoms with E-state index in [2.05, 4.69) is 77.9 Å². The molecule has 222 valence electrons. The van der Waals surface area contributed by atoms with E-state index < -0.39 is 0 Å². The second-order valence-corrected chi connectivity index (χ2v) is 12.1. The Morgan fingerprint density at radius 2 is 0.619 bits per heavy atom. The Labute approximate surface area is 252 Å². The zero-order chi connectivity index (χ0) is 30.4. The molecule has 0 bridgehead atoms. The van der Waals surface area contributed by atoms with E-state index in [1.165, 1.54) is 33.4 Å². The van der Waals surface area contributed by atoms with Crippen LogP contribution in [0.3, 0.4) is 0 Å². The lowest BCUT2D eigenvalue weighted by atomic mass is 9.69. The predicted octanol–water partition coefficient (Wildman–Crippen LogP) is 11.5. The first kappa shape index (κ1) is 31.2. The maximum absolute atomic E-state index is 10.3. The van der Waals surface area contributed by atoms with E-state index in [0.717, 1.165) is 55.2 Å². The van der Waals surface area contributed by atoms with E-state index in [-0.39, 0.29) is 35.0 Å². The van der Waals surface area contributed by atoms with Crippen LogP contribution in [0.25, 0.3) is 33.4 Å². The fourth-order valence-corrected chi connectivity index (χ4v) is 6.84. The number of hydrogen-bond acceptors (Lipinski definition) is 3. The van der Waals surface area contributed by atoms with Crippen LogP contribution in [-0.4, -0.2) is 15.3 Å². The van der Waals surface area contributed by atoms with Gasteiger partial charge in [-0.2, -0.15) is 0 Å². The summed E-state index contributed by atoms with van der Waals surface area (Å²) in [6, 6.07) is 23.2. The topological polar surface area (TPSA) is 60.7 Å². The van der Waals surface area contributed by atoms with Crippen molar-refractivity contribution in [1.82, 2.24) is 0 Å².